The standard InChI is InChI=1S/C10H13N5S/c1-7(2)6-15-9(13-14-10(15)16)8-3-4-11-12-5-8/h3-5,7H,6H2,1-2H3,(H,14,16). The van der Waals surface area contributed by atoms with E-state index < -0.39 is 0 Å². The summed E-state index contributed by atoms with van der Waals surface area (Å²) in [5.74, 6) is 1.33. The van der Waals surface area contributed by atoms with E-state index in [2.05, 4.69) is 34.2 Å². The molecule has 6 heteroatoms. The van der Waals surface area contributed by atoms with Crippen LogP contribution in [0.1, 0.15) is 13.8 Å². The summed E-state index contributed by atoms with van der Waals surface area (Å²) in [4.78, 5) is 0. The van der Waals surface area contributed by atoms with Crippen molar-refractivity contribution >= 4 is 12.2 Å². The molecule has 2 heterocycles. The first-order valence-electron chi connectivity index (χ1n) is 5.10. The minimum Gasteiger partial charge on any atom is -0.300 e. The van der Waals surface area contributed by atoms with E-state index in [1.54, 1.807) is 12.4 Å². The number of aromatic amines is 1. The van der Waals surface area contributed by atoms with Gasteiger partial charge >= 0.3 is 0 Å². The Kier molecular flexibility index (Phi) is 3.09. The second kappa shape index (κ2) is 4.52. The van der Waals surface area contributed by atoms with E-state index in [1.807, 2.05) is 10.6 Å². The monoisotopic (exact) mass is 235 g/mol. The lowest BCUT2D eigenvalue weighted by Gasteiger charge is -2.08. The molecule has 0 saturated carbocycles. The van der Waals surface area contributed by atoms with Crippen LogP contribution in [0.25, 0.3) is 11.4 Å². The number of H-pyrrole nitrogens is 1. The quantitative estimate of drug-likeness (QED) is 0.827. The Hall–Kier alpha value is -1.56. The van der Waals surface area contributed by atoms with Crippen molar-refractivity contribution in [2.45, 2.75) is 20.4 Å². The maximum absolute atomic E-state index is 5.20. The first-order valence-corrected chi connectivity index (χ1v) is 5.51. The van der Waals surface area contributed by atoms with Gasteiger partial charge in [-0.3, -0.25) is 9.67 Å². The molecule has 0 unspecified atom stereocenters. The second-order valence-corrected chi connectivity index (χ2v) is 4.37. The molecular weight excluding hydrogens is 222 g/mol. The fraction of sp³-hybridized carbons (Fsp3) is 0.400. The van der Waals surface area contributed by atoms with Crippen LogP contribution in [-0.4, -0.2) is 25.0 Å². The van der Waals surface area contributed by atoms with Gasteiger partial charge in [-0.25, -0.2) is 0 Å². The summed E-state index contributed by atoms with van der Waals surface area (Å²) in [5, 5.41) is 14.6. The molecule has 0 spiro atoms. The highest BCUT2D eigenvalue weighted by Gasteiger charge is 2.09. The van der Waals surface area contributed by atoms with Gasteiger partial charge in [0.25, 0.3) is 0 Å². The van der Waals surface area contributed by atoms with Gasteiger partial charge in [0, 0.05) is 12.1 Å². The average molecular weight is 235 g/mol. The predicted octanol–water partition coefficient (Wildman–Crippen LogP) is 2.05. The zero-order valence-electron chi connectivity index (χ0n) is 9.21. The second-order valence-electron chi connectivity index (χ2n) is 3.99. The van der Waals surface area contributed by atoms with Crippen molar-refractivity contribution in [1.82, 2.24) is 25.0 Å². The number of rotatable bonds is 3. The molecule has 0 aliphatic rings. The molecule has 0 bridgehead atoms. The Bertz CT molecular complexity index is 514. The molecular formula is C10H13N5S. The third-order valence-electron chi connectivity index (χ3n) is 2.15. The lowest BCUT2D eigenvalue weighted by Crippen LogP contribution is -2.06. The normalized spacial score (nSPS) is 10.9. The van der Waals surface area contributed by atoms with Gasteiger partial charge in [-0.1, -0.05) is 13.8 Å². The van der Waals surface area contributed by atoms with Crippen molar-refractivity contribution in [3.05, 3.63) is 23.2 Å². The summed E-state index contributed by atoms with van der Waals surface area (Å²) < 4.78 is 2.62. The van der Waals surface area contributed by atoms with E-state index >= 15 is 0 Å². The average Bonchev–Trinajstić information content (AvgIpc) is 2.61. The number of nitrogens with zero attached hydrogens (tertiary/aromatic N) is 4. The Balaban J connectivity index is 2.46. The van der Waals surface area contributed by atoms with E-state index in [-0.39, 0.29) is 0 Å². The lowest BCUT2D eigenvalue weighted by molar-refractivity contribution is 0.521. The summed E-state index contributed by atoms with van der Waals surface area (Å²) in [6, 6.07) is 1.87. The Morgan fingerprint density at radius 2 is 2.25 bits per heavy atom. The van der Waals surface area contributed by atoms with Gasteiger partial charge < -0.3 is 0 Å². The summed E-state index contributed by atoms with van der Waals surface area (Å²) >= 11 is 5.20. The first-order chi connectivity index (χ1) is 7.68. The van der Waals surface area contributed by atoms with Crippen molar-refractivity contribution < 1.29 is 0 Å². The summed E-state index contributed by atoms with van der Waals surface area (Å²) in [7, 11) is 0. The van der Waals surface area contributed by atoms with Crippen molar-refractivity contribution in [2.24, 2.45) is 5.92 Å². The smallest absolute Gasteiger partial charge is 0.195 e. The first kappa shape index (κ1) is 10.9. The Morgan fingerprint density at radius 3 is 2.88 bits per heavy atom. The molecule has 5 nitrogen and oxygen atoms in total. The lowest BCUT2D eigenvalue weighted by atomic mass is 10.2. The Labute approximate surface area is 98.5 Å². The molecule has 2 aromatic rings. The van der Waals surface area contributed by atoms with Gasteiger partial charge in [0.1, 0.15) is 0 Å². The third-order valence-corrected chi connectivity index (χ3v) is 2.46. The van der Waals surface area contributed by atoms with Crippen molar-refractivity contribution in [1.29, 1.82) is 0 Å². The maximum Gasteiger partial charge on any atom is 0.195 e. The minimum absolute atomic E-state index is 0.512. The van der Waals surface area contributed by atoms with E-state index in [0.29, 0.717) is 10.7 Å². The zero-order valence-corrected chi connectivity index (χ0v) is 10.0. The number of hydrogen-bond donors (Lipinski definition) is 1. The van der Waals surface area contributed by atoms with Crippen molar-refractivity contribution in [2.75, 3.05) is 0 Å². The summed E-state index contributed by atoms with van der Waals surface area (Å²) in [6.07, 6.45) is 3.33. The van der Waals surface area contributed by atoms with Crippen molar-refractivity contribution in [3.63, 3.8) is 0 Å². The van der Waals surface area contributed by atoms with Crippen LogP contribution in [0.4, 0.5) is 0 Å². The predicted molar refractivity (Wildman–Crippen MR) is 63.3 cm³/mol. The van der Waals surface area contributed by atoms with Crippen molar-refractivity contribution in [3.8, 4) is 11.4 Å². The molecule has 16 heavy (non-hydrogen) atoms. The largest absolute Gasteiger partial charge is 0.300 e. The topological polar surface area (TPSA) is 59.4 Å². The molecule has 0 aliphatic carbocycles. The van der Waals surface area contributed by atoms with Crippen LogP contribution in [0, 0.1) is 10.7 Å². The molecule has 0 aliphatic heterocycles. The van der Waals surface area contributed by atoms with Crippen LogP contribution in [0.15, 0.2) is 18.5 Å². The van der Waals surface area contributed by atoms with E-state index in [0.717, 1.165) is 17.9 Å². The number of nitrogens with one attached hydrogen (secondary N) is 1. The van der Waals surface area contributed by atoms with Gasteiger partial charge in [0.15, 0.2) is 10.6 Å². The fourth-order valence-electron chi connectivity index (χ4n) is 1.50. The molecule has 2 rings (SSSR count). The van der Waals surface area contributed by atoms with Gasteiger partial charge in [0.2, 0.25) is 0 Å². The molecule has 0 saturated heterocycles. The van der Waals surface area contributed by atoms with Gasteiger partial charge in [0.05, 0.1) is 12.4 Å². The zero-order chi connectivity index (χ0) is 11.5. The number of hydrogen-bond acceptors (Lipinski definition) is 4. The molecule has 0 amide bonds. The summed E-state index contributed by atoms with van der Waals surface area (Å²) in [5.41, 5.74) is 0.919. The SMILES string of the molecule is CC(C)Cn1c(-c2ccnnc2)n[nH]c1=S. The highest BCUT2D eigenvalue weighted by atomic mass is 32.1. The van der Waals surface area contributed by atoms with Crippen LogP contribution in [0.2, 0.25) is 0 Å². The molecule has 84 valence electrons. The van der Waals surface area contributed by atoms with Gasteiger partial charge in [-0.05, 0) is 24.2 Å². The van der Waals surface area contributed by atoms with E-state index in [1.165, 1.54) is 0 Å². The van der Waals surface area contributed by atoms with Gasteiger partial charge in [-0.15, -0.1) is 0 Å². The van der Waals surface area contributed by atoms with E-state index in [9.17, 15) is 0 Å². The van der Waals surface area contributed by atoms with Crippen LogP contribution in [-0.2, 0) is 6.54 Å². The Morgan fingerprint density at radius 1 is 1.44 bits per heavy atom. The third kappa shape index (κ3) is 2.16. The fourth-order valence-corrected chi connectivity index (χ4v) is 1.70. The molecule has 0 fully saturated rings. The number of aromatic nitrogens is 5. The summed E-state index contributed by atoms with van der Waals surface area (Å²) in [6.45, 7) is 5.12. The van der Waals surface area contributed by atoms with E-state index in [4.69, 9.17) is 12.2 Å². The van der Waals surface area contributed by atoms with Crippen LogP contribution < -0.4 is 0 Å². The molecule has 1 N–H and O–H groups in total. The van der Waals surface area contributed by atoms with Crippen LogP contribution >= 0.6 is 12.2 Å². The molecule has 0 radical (unpaired) electrons. The molecule has 0 aromatic carbocycles. The molecule has 0 atom stereocenters. The highest BCUT2D eigenvalue weighted by molar-refractivity contribution is 7.71. The van der Waals surface area contributed by atoms with Crippen LogP contribution in [0.3, 0.4) is 0 Å². The van der Waals surface area contributed by atoms with Crippen LogP contribution in [0.5, 0.6) is 0 Å². The van der Waals surface area contributed by atoms with Gasteiger partial charge in [-0.2, -0.15) is 15.3 Å². The maximum atomic E-state index is 5.20. The highest BCUT2D eigenvalue weighted by Crippen LogP contribution is 2.16. The molecule has 2 aromatic heterocycles. The minimum atomic E-state index is 0.512.